The van der Waals surface area contributed by atoms with Crippen LogP contribution in [0, 0.1) is 11.8 Å². The SMILES string of the molecule is O=C(CC1CCCCC1)NC1CCC(C(=O)NC2(C(=O)O)CCCCC2)CC1. The van der Waals surface area contributed by atoms with Gasteiger partial charge in [0.1, 0.15) is 5.54 Å². The van der Waals surface area contributed by atoms with E-state index in [2.05, 4.69) is 10.6 Å². The molecule has 0 unspecified atom stereocenters. The van der Waals surface area contributed by atoms with Gasteiger partial charge < -0.3 is 15.7 Å². The molecule has 0 spiro atoms. The highest BCUT2D eigenvalue weighted by Crippen LogP contribution is 2.31. The molecule has 6 nitrogen and oxygen atoms in total. The fourth-order valence-corrected chi connectivity index (χ4v) is 5.33. The van der Waals surface area contributed by atoms with Gasteiger partial charge in [0, 0.05) is 18.4 Å². The lowest BCUT2D eigenvalue weighted by molar-refractivity contribution is -0.150. The quantitative estimate of drug-likeness (QED) is 0.644. The van der Waals surface area contributed by atoms with Gasteiger partial charge >= 0.3 is 5.97 Å². The summed E-state index contributed by atoms with van der Waals surface area (Å²) < 4.78 is 0. The topological polar surface area (TPSA) is 95.5 Å². The summed E-state index contributed by atoms with van der Waals surface area (Å²) in [6, 6.07) is 0.156. The first-order chi connectivity index (χ1) is 13.5. The van der Waals surface area contributed by atoms with Crippen molar-refractivity contribution in [1.82, 2.24) is 10.6 Å². The predicted molar refractivity (Wildman–Crippen MR) is 107 cm³/mol. The molecule has 3 aliphatic carbocycles. The van der Waals surface area contributed by atoms with E-state index in [-0.39, 0.29) is 23.8 Å². The summed E-state index contributed by atoms with van der Waals surface area (Å²) in [5, 5.41) is 15.7. The molecule has 0 aromatic carbocycles. The molecule has 0 aliphatic heterocycles. The number of carbonyl (C=O) groups excluding carboxylic acids is 2. The summed E-state index contributed by atoms with van der Waals surface area (Å²) in [4.78, 5) is 36.8. The third-order valence-corrected chi connectivity index (χ3v) is 7.14. The Bertz CT molecular complexity index is 557. The Kier molecular flexibility index (Phi) is 7.36. The molecule has 3 fully saturated rings. The first-order valence-electron chi connectivity index (χ1n) is 11.3. The van der Waals surface area contributed by atoms with E-state index in [4.69, 9.17) is 0 Å². The van der Waals surface area contributed by atoms with Crippen LogP contribution in [0.4, 0.5) is 0 Å². The van der Waals surface area contributed by atoms with Crippen LogP contribution in [0.3, 0.4) is 0 Å². The van der Waals surface area contributed by atoms with Crippen molar-refractivity contribution in [1.29, 1.82) is 0 Å². The average molecular weight is 393 g/mol. The molecule has 0 radical (unpaired) electrons. The fourth-order valence-electron chi connectivity index (χ4n) is 5.33. The van der Waals surface area contributed by atoms with Gasteiger partial charge in [-0.05, 0) is 57.3 Å². The largest absolute Gasteiger partial charge is 0.480 e. The molecule has 0 bridgehead atoms. The molecular formula is C22H36N2O4. The summed E-state index contributed by atoms with van der Waals surface area (Å²) in [6.07, 6.45) is 13.6. The number of carbonyl (C=O) groups is 3. The molecule has 6 heteroatoms. The van der Waals surface area contributed by atoms with Gasteiger partial charge in [-0.3, -0.25) is 9.59 Å². The molecular weight excluding hydrogens is 356 g/mol. The van der Waals surface area contributed by atoms with Crippen molar-refractivity contribution in [3.63, 3.8) is 0 Å². The molecule has 2 amide bonds. The standard InChI is InChI=1S/C22H36N2O4/c25-19(15-16-7-3-1-4-8-16)23-18-11-9-17(10-12-18)20(26)24-22(21(27)28)13-5-2-6-14-22/h16-18H,1-15H2,(H,23,25)(H,24,26)(H,27,28). The maximum Gasteiger partial charge on any atom is 0.329 e. The number of nitrogens with one attached hydrogen (secondary N) is 2. The van der Waals surface area contributed by atoms with Crippen molar-refractivity contribution in [2.45, 2.75) is 108 Å². The third kappa shape index (κ3) is 5.48. The van der Waals surface area contributed by atoms with Crippen LogP contribution < -0.4 is 10.6 Å². The Morgan fingerprint density at radius 1 is 0.821 bits per heavy atom. The smallest absolute Gasteiger partial charge is 0.329 e. The highest BCUT2D eigenvalue weighted by Gasteiger charge is 2.42. The lowest BCUT2D eigenvalue weighted by Crippen LogP contribution is -2.57. The molecule has 3 rings (SSSR count). The average Bonchev–Trinajstić information content (AvgIpc) is 2.70. The normalized spacial score (nSPS) is 28.3. The zero-order valence-corrected chi connectivity index (χ0v) is 17.0. The third-order valence-electron chi connectivity index (χ3n) is 7.14. The monoisotopic (exact) mass is 392 g/mol. The van der Waals surface area contributed by atoms with Crippen molar-refractivity contribution in [2.75, 3.05) is 0 Å². The highest BCUT2D eigenvalue weighted by atomic mass is 16.4. The summed E-state index contributed by atoms with van der Waals surface area (Å²) in [6.45, 7) is 0. The first-order valence-corrected chi connectivity index (χ1v) is 11.3. The summed E-state index contributed by atoms with van der Waals surface area (Å²) in [5.41, 5.74) is -1.07. The fraction of sp³-hybridized carbons (Fsp3) is 0.864. The van der Waals surface area contributed by atoms with E-state index in [9.17, 15) is 19.5 Å². The molecule has 28 heavy (non-hydrogen) atoms. The summed E-state index contributed by atoms with van der Waals surface area (Å²) in [5.74, 6) is -0.449. The summed E-state index contributed by atoms with van der Waals surface area (Å²) in [7, 11) is 0. The Labute approximate surface area is 168 Å². The van der Waals surface area contributed by atoms with E-state index in [0.29, 0.717) is 25.2 Å². The molecule has 3 saturated carbocycles. The second-order valence-electron chi connectivity index (χ2n) is 9.26. The minimum absolute atomic E-state index is 0.115. The van der Waals surface area contributed by atoms with Crippen molar-refractivity contribution >= 4 is 17.8 Å². The number of carboxylic acids is 1. The van der Waals surface area contributed by atoms with Gasteiger partial charge in [-0.1, -0.05) is 38.5 Å². The van der Waals surface area contributed by atoms with Gasteiger partial charge in [-0.25, -0.2) is 4.79 Å². The predicted octanol–water partition coefficient (Wildman–Crippen LogP) is 3.54. The highest BCUT2D eigenvalue weighted by molar-refractivity contribution is 5.88. The molecule has 0 saturated heterocycles. The zero-order valence-electron chi connectivity index (χ0n) is 17.0. The Hall–Kier alpha value is -1.59. The van der Waals surface area contributed by atoms with Crippen molar-refractivity contribution < 1.29 is 19.5 Å². The number of rotatable bonds is 6. The Balaban J connectivity index is 1.42. The molecule has 3 aliphatic rings. The molecule has 158 valence electrons. The van der Waals surface area contributed by atoms with Crippen LogP contribution in [0.15, 0.2) is 0 Å². The van der Waals surface area contributed by atoms with Gasteiger partial charge in [0.2, 0.25) is 11.8 Å². The minimum Gasteiger partial charge on any atom is -0.480 e. The molecule has 0 aromatic heterocycles. The van der Waals surface area contributed by atoms with Gasteiger partial charge in [0.25, 0.3) is 0 Å². The second kappa shape index (κ2) is 9.75. The van der Waals surface area contributed by atoms with E-state index >= 15 is 0 Å². The van der Waals surface area contributed by atoms with E-state index in [0.717, 1.165) is 44.9 Å². The number of amides is 2. The van der Waals surface area contributed by atoms with Crippen LogP contribution in [0.5, 0.6) is 0 Å². The first kappa shape index (κ1) is 21.1. The molecule has 3 N–H and O–H groups in total. The van der Waals surface area contributed by atoms with E-state index in [1.807, 2.05) is 0 Å². The minimum atomic E-state index is -1.07. The van der Waals surface area contributed by atoms with Crippen LogP contribution in [-0.2, 0) is 14.4 Å². The van der Waals surface area contributed by atoms with E-state index < -0.39 is 11.5 Å². The van der Waals surface area contributed by atoms with Crippen LogP contribution >= 0.6 is 0 Å². The molecule has 0 atom stereocenters. The van der Waals surface area contributed by atoms with Gasteiger partial charge in [0.15, 0.2) is 0 Å². The van der Waals surface area contributed by atoms with Crippen molar-refractivity contribution in [2.24, 2.45) is 11.8 Å². The summed E-state index contributed by atoms with van der Waals surface area (Å²) >= 11 is 0. The van der Waals surface area contributed by atoms with Crippen molar-refractivity contribution in [3.8, 4) is 0 Å². The number of hydrogen-bond donors (Lipinski definition) is 3. The maximum atomic E-state index is 12.7. The number of carboxylic acid groups (broad SMARTS) is 1. The van der Waals surface area contributed by atoms with Crippen molar-refractivity contribution in [3.05, 3.63) is 0 Å². The second-order valence-corrected chi connectivity index (χ2v) is 9.26. The maximum absolute atomic E-state index is 12.7. The zero-order chi connectivity index (χ0) is 20.0. The Morgan fingerprint density at radius 3 is 2.04 bits per heavy atom. The Morgan fingerprint density at radius 2 is 1.43 bits per heavy atom. The van der Waals surface area contributed by atoms with E-state index in [1.165, 1.54) is 32.1 Å². The van der Waals surface area contributed by atoms with E-state index in [1.54, 1.807) is 0 Å². The number of hydrogen-bond acceptors (Lipinski definition) is 3. The van der Waals surface area contributed by atoms with Crippen LogP contribution in [0.25, 0.3) is 0 Å². The van der Waals surface area contributed by atoms with Crippen LogP contribution in [0.2, 0.25) is 0 Å². The van der Waals surface area contributed by atoms with Gasteiger partial charge in [-0.2, -0.15) is 0 Å². The van der Waals surface area contributed by atoms with Crippen LogP contribution in [0.1, 0.15) is 96.3 Å². The van der Waals surface area contributed by atoms with Gasteiger partial charge in [-0.15, -0.1) is 0 Å². The number of aliphatic carboxylic acids is 1. The molecule has 0 heterocycles. The van der Waals surface area contributed by atoms with Gasteiger partial charge in [0.05, 0.1) is 0 Å². The lowest BCUT2D eigenvalue weighted by atomic mass is 9.80. The van der Waals surface area contributed by atoms with Crippen LogP contribution in [-0.4, -0.2) is 34.5 Å². The molecule has 0 aromatic rings. The lowest BCUT2D eigenvalue weighted by Gasteiger charge is -2.36.